The van der Waals surface area contributed by atoms with Crippen LogP contribution in [0.2, 0.25) is 0 Å². The molecule has 7 rings (SSSR count). The lowest BCUT2D eigenvalue weighted by Gasteiger charge is -2.37. The van der Waals surface area contributed by atoms with E-state index in [1.54, 1.807) is 21.1 Å². The molecular formula is C41H46N5O12PS2. The van der Waals surface area contributed by atoms with Crippen molar-refractivity contribution in [1.29, 1.82) is 0 Å². The molecule has 61 heavy (non-hydrogen) atoms. The molecule has 0 aliphatic carbocycles. The molecule has 2 aliphatic heterocycles. The van der Waals surface area contributed by atoms with Gasteiger partial charge in [-0.3, -0.25) is 28.7 Å². The van der Waals surface area contributed by atoms with E-state index in [0.717, 1.165) is 16.7 Å². The lowest BCUT2D eigenvalue weighted by Crippen LogP contribution is -2.41. The fourth-order valence-electron chi connectivity index (χ4n) is 7.69. The number of rotatable bonds is 16. The first-order valence-electron chi connectivity index (χ1n) is 19.2. The summed E-state index contributed by atoms with van der Waals surface area (Å²) in [6, 6.07) is 25.8. The van der Waals surface area contributed by atoms with Gasteiger partial charge in [0.2, 0.25) is 5.69 Å². The number of ether oxygens (including phenoxy) is 5. The van der Waals surface area contributed by atoms with Crippen molar-refractivity contribution in [1.82, 2.24) is 19.1 Å². The number of methoxy groups -OCH3 is 2. The monoisotopic (exact) mass is 895 g/mol. The Bertz CT molecular complexity index is 2540. The van der Waals surface area contributed by atoms with E-state index in [-0.39, 0.29) is 26.2 Å². The molecule has 5 N–H and O–H groups in total. The number of benzene rings is 3. The van der Waals surface area contributed by atoms with Crippen molar-refractivity contribution >= 4 is 29.7 Å². The highest BCUT2D eigenvalue weighted by Gasteiger charge is 2.50. The van der Waals surface area contributed by atoms with Crippen molar-refractivity contribution < 1.29 is 37.8 Å². The first-order chi connectivity index (χ1) is 29.3. The molecule has 2 fully saturated rings. The first kappa shape index (κ1) is 44.4. The van der Waals surface area contributed by atoms with Gasteiger partial charge in [0.05, 0.1) is 33.5 Å². The number of aromatic nitrogens is 4. The average Bonchev–Trinajstić information content (AvgIpc) is 3.80. The number of aliphatic hydroxyl groups is 1. The van der Waals surface area contributed by atoms with Gasteiger partial charge in [-0.1, -0.05) is 66.8 Å². The third-order valence-electron chi connectivity index (χ3n) is 10.8. The summed E-state index contributed by atoms with van der Waals surface area (Å²) < 4.78 is 45.8. The van der Waals surface area contributed by atoms with Crippen LogP contribution >= 0.6 is 17.9 Å². The van der Waals surface area contributed by atoms with Crippen molar-refractivity contribution in [3.05, 3.63) is 161 Å². The van der Waals surface area contributed by atoms with E-state index in [9.17, 15) is 24.3 Å². The largest absolute Gasteiger partial charge is 0.497 e. The van der Waals surface area contributed by atoms with Crippen molar-refractivity contribution in [2.24, 2.45) is 11.7 Å². The standard InChI is InChI=1S/C41H46N5O12PS2/c1-24-21-46(40(51)44-37(24)49)35-19-31(47)32(56-35)23-55-59(60,61)58-36-30(20-42)38(45-18-17-34(48)43-39(45)50)57-33(36)22-54-41(25-7-5-4-6-8-25,26-9-13-28(52-2)14-10-26)27-11-15-29(53-3)16-12-27/h4-18,21,30-33,35-36,38,47H,19-20,22-23,42H2,1-3H3,(H,60,61)(H,43,48,50)(H,44,49,51)/t30-,31+,32-,33-,35-,36+,38-/m1/s1. The van der Waals surface area contributed by atoms with Crippen LogP contribution in [-0.2, 0) is 40.7 Å². The number of hydrogen-bond acceptors (Lipinski definition) is 14. The number of hydrogen-bond donors (Lipinski definition) is 5. The van der Waals surface area contributed by atoms with E-state index in [1.165, 1.54) is 27.6 Å². The molecule has 2 aliphatic rings. The van der Waals surface area contributed by atoms with Crippen LogP contribution < -0.4 is 37.7 Å². The van der Waals surface area contributed by atoms with Crippen LogP contribution in [0.3, 0.4) is 0 Å². The van der Waals surface area contributed by atoms with E-state index >= 15 is 0 Å². The Kier molecular flexibility index (Phi) is 13.7. The van der Waals surface area contributed by atoms with Crippen LogP contribution in [0, 0.1) is 12.8 Å². The number of aliphatic hydroxyl groups excluding tert-OH is 1. The number of nitrogens with two attached hydrogens (primary N) is 1. The topological polar surface area (TPSA) is 221 Å². The second-order valence-electron chi connectivity index (χ2n) is 14.5. The Labute approximate surface area is 359 Å². The van der Waals surface area contributed by atoms with Crippen molar-refractivity contribution in [3.8, 4) is 11.5 Å². The zero-order valence-corrected chi connectivity index (χ0v) is 35.9. The highest BCUT2D eigenvalue weighted by molar-refractivity contribution is 8.60. The quantitative estimate of drug-likeness (QED) is 0.0546. The van der Waals surface area contributed by atoms with Crippen LogP contribution in [0.1, 0.15) is 41.1 Å². The van der Waals surface area contributed by atoms with Crippen LogP contribution in [0.25, 0.3) is 0 Å². The van der Waals surface area contributed by atoms with Crippen LogP contribution in [0.5, 0.6) is 11.5 Å². The molecule has 4 heterocycles. The van der Waals surface area contributed by atoms with Crippen LogP contribution in [0.4, 0.5) is 0 Å². The molecule has 2 aromatic heterocycles. The summed E-state index contributed by atoms with van der Waals surface area (Å²) in [4.78, 5) is 54.3. The molecule has 0 saturated carbocycles. The number of nitrogens with zero attached hydrogens (tertiary/aromatic N) is 2. The zero-order valence-electron chi connectivity index (χ0n) is 33.3. The summed E-state index contributed by atoms with van der Waals surface area (Å²) in [6.07, 6.45) is -3.22. The molecule has 0 amide bonds. The maximum atomic E-state index is 13.2. The minimum Gasteiger partial charge on any atom is -0.497 e. The molecule has 8 atom stereocenters. The Hall–Kier alpha value is -4.66. The molecule has 0 radical (unpaired) electrons. The fourth-order valence-corrected chi connectivity index (χ4v) is 9.70. The van der Waals surface area contributed by atoms with Crippen LogP contribution in [0.15, 0.2) is 117 Å². The molecule has 17 nitrogen and oxygen atoms in total. The molecular weight excluding hydrogens is 850 g/mol. The number of aryl methyl sites for hydroxylation is 1. The van der Waals surface area contributed by atoms with E-state index in [4.69, 9.17) is 50.3 Å². The van der Waals surface area contributed by atoms with E-state index in [0.29, 0.717) is 17.1 Å². The third kappa shape index (κ3) is 9.41. The number of thiol groups is 1. The lowest BCUT2D eigenvalue weighted by atomic mass is 9.80. The Balaban J connectivity index is 1.21. The predicted octanol–water partition coefficient (Wildman–Crippen LogP) is 3.10. The van der Waals surface area contributed by atoms with Crippen molar-refractivity contribution in [2.75, 3.05) is 34.0 Å². The van der Waals surface area contributed by atoms with Crippen LogP contribution in [-0.4, -0.2) is 82.6 Å². The van der Waals surface area contributed by atoms with E-state index in [2.05, 4.69) is 22.2 Å². The highest BCUT2D eigenvalue weighted by Crippen LogP contribution is 2.58. The highest BCUT2D eigenvalue weighted by atomic mass is 32.9. The maximum Gasteiger partial charge on any atom is 0.330 e. The summed E-state index contributed by atoms with van der Waals surface area (Å²) in [5.74, 6) is 0.523. The molecule has 1 unspecified atom stereocenters. The minimum atomic E-state index is -3.56. The van der Waals surface area contributed by atoms with Crippen molar-refractivity contribution in [2.45, 2.75) is 55.8 Å². The Morgan fingerprint density at radius 2 is 1.46 bits per heavy atom. The van der Waals surface area contributed by atoms with Gasteiger partial charge in [-0.2, -0.15) is 0 Å². The fraction of sp³-hybridized carbons (Fsp3) is 0.366. The van der Waals surface area contributed by atoms with E-state index in [1.807, 2.05) is 78.9 Å². The van der Waals surface area contributed by atoms with Gasteiger partial charge in [0.1, 0.15) is 47.9 Å². The summed E-state index contributed by atoms with van der Waals surface area (Å²) in [6.45, 7) is 1.05. The average molecular weight is 896 g/mol. The summed E-state index contributed by atoms with van der Waals surface area (Å²) >= 11 is 10.5. The maximum absolute atomic E-state index is 13.2. The van der Waals surface area contributed by atoms with E-state index < -0.39 is 76.6 Å². The van der Waals surface area contributed by atoms with Gasteiger partial charge in [-0.25, -0.2) is 9.59 Å². The molecule has 5 aromatic rings. The van der Waals surface area contributed by atoms with Gasteiger partial charge in [0.15, 0.2) is 0 Å². The van der Waals surface area contributed by atoms with Gasteiger partial charge in [-0.15, -0.1) is 0 Å². The first-order valence-corrected chi connectivity index (χ1v) is 23.0. The van der Waals surface area contributed by atoms with Gasteiger partial charge in [-0.05, 0) is 59.7 Å². The number of H-pyrrole nitrogens is 2. The molecule has 3 aromatic carbocycles. The summed E-state index contributed by atoms with van der Waals surface area (Å²) in [5, 5.41) is 10.9. The van der Waals surface area contributed by atoms with Gasteiger partial charge in [0.25, 0.3) is 11.1 Å². The van der Waals surface area contributed by atoms with Gasteiger partial charge < -0.3 is 43.6 Å². The molecule has 0 bridgehead atoms. The second-order valence-corrected chi connectivity index (χ2v) is 19.8. The SMILES string of the molecule is COc1ccc(C(OC[C@H]2O[C@@H](n3ccc(=O)[nH]c3=O)[C@H](CN)[C@@H]2OP(=S)(S)OC[C@H]2O[C@@H](n3cc(C)c(=O)[nH]c3=O)C[C@@H]2O)(c2ccccc2)c2ccc(OC)cc2)cc1. The third-order valence-corrected chi connectivity index (χ3v) is 13.0. The zero-order chi connectivity index (χ0) is 43.5. The molecule has 2 saturated heterocycles. The van der Waals surface area contributed by atoms with Gasteiger partial charge >= 0.3 is 11.4 Å². The summed E-state index contributed by atoms with van der Waals surface area (Å²) in [5.41, 5.74) is 1.61. The number of aromatic amines is 2. The minimum absolute atomic E-state index is 0.0298. The smallest absolute Gasteiger partial charge is 0.330 e. The van der Waals surface area contributed by atoms with Crippen molar-refractivity contribution in [3.63, 3.8) is 0 Å². The lowest BCUT2D eigenvalue weighted by molar-refractivity contribution is -0.0926. The molecule has 324 valence electrons. The normalized spacial score (nSPS) is 23.7. The Morgan fingerprint density at radius 3 is 2.05 bits per heavy atom. The molecule has 0 spiro atoms. The number of nitrogens with one attached hydrogen (secondary N) is 2. The second kappa shape index (κ2) is 18.8. The predicted molar refractivity (Wildman–Crippen MR) is 231 cm³/mol. The Morgan fingerprint density at radius 1 is 0.852 bits per heavy atom. The molecule has 20 heteroatoms. The van der Waals surface area contributed by atoms with Gasteiger partial charge in [0, 0.05) is 42.9 Å². The summed E-state index contributed by atoms with van der Waals surface area (Å²) in [7, 11) is 3.17.